The van der Waals surface area contributed by atoms with E-state index >= 15 is 0 Å². The van der Waals surface area contributed by atoms with Crippen LogP contribution in [0.25, 0.3) is 21.2 Å². The van der Waals surface area contributed by atoms with Gasteiger partial charge in [-0.05, 0) is 22.6 Å². The number of fused-ring (bicyclic) bond motifs is 1. The number of anilines is 1. The Labute approximate surface area is 186 Å². The van der Waals surface area contributed by atoms with Crippen LogP contribution in [0.15, 0.2) is 60.9 Å². The van der Waals surface area contributed by atoms with Gasteiger partial charge < -0.3 is 16.2 Å². The summed E-state index contributed by atoms with van der Waals surface area (Å²) >= 11 is 1.40. The summed E-state index contributed by atoms with van der Waals surface area (Å²) in [7, 11) is 0. The zero-order chi connectivity index (χ0) is 22.9. The van der Waals surface area contributed by atoms with Crippen molar-refractivity contribution in [2.24, 2.45) is 5.73 Å². The fourth-order valence-electron chi connectivity index (χ4n) is 3.29. The molecule has 2 unspecified atom stereocenters. The van der Waals surface area contributed by atoms with Crippen LogP contribution in [0.1, 0.15) is 24.2 Å². The molecule has 4 aromatic rings. The summed E-state index contributed by atoms with van der Waals surface area (Å²) in [6.45, 7) is 1.05. The molecule has 0 aliphatic heterocycles. The molecular weight excluding hydrogens is 437 g/mol. The van der Waals surface area contributed by atoms with E-state index in [4.69, 9.17) is 5.73 Å². The number of nitrogens with one attached hydrogen (secondary N) is 1. The highest BCUT2D eigenvalue weighted by Gasteiger charge is 2.25. The smallest absolute Gasteiger partial charge is 0.270 e. The monoisotopic (exact) mass is 458 g/mol. The summed E-state index contributed by atoms with van der Waals surface area (Å²) in [5.74, 6) is -3.47. The molecule has 2 heterocycles. The molecule has 4 N–H and O–H groups in total. The van der Waals surface area contributed by atoms with Gasteiger partial charge in [-0.3, -0.25) is 0 Å². The molecule has 0 amide bonds. The number of aromatic nitrogens is 2. The lowest BCUT2D eigenvalue weighted by Crippen LogP contribution is -2.35. The summed E-state index contributed by atoms with van der Waals surface area (Å²) in [5.41, 5.74) is 7.33. The molecular formula is C23H21F3N4OS. The molecule has 2 aromatic heterocycles. The number of alkyl halides is 2. The Morgan fingerprint density at radius 3 is 2.53 bits per heavy atom. The molecule has 0 fully saturated rings. The third kappa shape index (κ3) is 4.90. The predicted molar refractivity (Wildman–Crippen MR) is 120 cm³/mol. The lowest BCUT2D eigenvalue weighted by atomic mass is 10.00. The first-order valence-corrected chi connectivity index (χ1v) is 10.7. The van der Waals surface area contributed by atoms with E-state index in [1.165, 1.54) is 47.9 Å². The van der Waals surface area contributed by atoms with Crippen molar-refractivity contribution in [1.82, 2.24) is 9.97 Å². The number of hydrogen-bond donors (Lipinski definition) is 3. The summed E-state index contributed by atoms with van der Waals surface area (Å²) in [5, 5.41) is 15.8. The first-order chi connectivity index (χ1) is 15.2. The number of nitrogens with zero attached hydrogens (tertiary/aromatic N) is 2. The molecule has 0 spiro atoms. The van der Waals surface area contributed by atoms with E-state index in [1.54, 1.807) is 6.20 Å². The Bertz CT molecular complexity index is 1220. The second-order valence-electron chi connectivity index (χ2n) is 7.60. The van der Waals surface area contributed by atoms with E-state index in [0.717, 1.165) is 28.1 Å². The maximum atomic E-state index is 13.4. The van der Waals surface area contributed by atoms with Crippen LogP contribution in [0, 0.1) is 5.95 Å². The van der Waals surface area contributed by atoms with E-state index < -0.39 is 24.0 Å². The van der Waals surface area contributed by atoms with Gasteiger partial charge >= 0.3 is 0 Å². The number of hydrogen-bond acceptors (Lipinski definition) is 6. The lowest BCUT2D eigenvalue weighted by molar-refractivity contribution is 0.0174. The van der Waals surface area contributed by atoms with E-state index in [2.05, 4.69) is 15.3 Å². The zero-order valence-corrected chi connectivity index (χ0v) is 17.9. The standard InChI is InChI=1S/C23H21F3N4OS/c1-23(25,26)17-6-4-13(5-7-17)21(31)18(27)11-29-22-30-12-19(32-22)14-2-3-15-10-28-20(24)9-16(15)8-14/h2-10,12,18,21,31H,11,27H2,1H3,(H,29,30). The van der Waals surface area contributed by atoms with Crippen LogP contribution >= 0.6 is 11.3 Å². The average Bonchev–Trinajstić information content (AvgIpc) is 3.25. The van der Waals surface area contributed by atoms with Gasteiger partial charge in [0.25, 0.3) is 5.92 Å². The number of halogens is 3. The molecule has 2 aromatic carbocycles. The Balaban J connectivity index is 1.40. The third-order valence-electron chi connectivity index (χ3n) is 5.13. The topological polar surface area (TPSA) is 84.1 Å². The summed E-state index contributed by atoms with van der Waals surface area (Å²) < 4.78 is 40.1. The molecule has 9 heteroatoms. The van der Waals surface area contributed by atoms with E-state index in [9.17, 15) is 18.3 Å². The van der Waals surface area contributed by atoms with Crippen molar-refractivity contribution in [3.05, 3.63) is 78.0 Å². The molecule has 0 radical (unpaired) electrons. The predicted octanol–water partition coefficient (Wildman–Crippen LogP) is 5.08. The van der Waals surface area contributed by atoms with Crippen molar-refractivity contribution < 1.29 is 18.3 Å². The normalized spacial score (nSPS) is 13.8. The van der Waals surface area contributed by atoms with Crippen LogP contribution in [0.4, 0.5) is 18.3 Å². The minimum atomic E-state index is -2.94. The Kier molecular flexibility index (Phi) is 6.14. The number of pyridine rings is 1. The fraction of sp³-hybridized carbons (Fsp3) is 0.217. The second-order valence-corrected chi connectivity index (χ2v) is 8.63. The molecule has 0 saturated carbocycles. The SMILES string of the molecule is CC(F)(F)c1ccc(C(O)C(N)CNc2ncc(-c3ccc4cnc(F)cc4c3)s2)cc1. The molecule has 0 aliphatic rings. The average molecular weight is 459 g/mol. The molecule has 166 valence electrons. The molecule has 4 rings (SSSR count). The van der Waals surface area contributed by atoms with Gasteiger partial charge in [0.1, 0.15) is 0 Å². The van der Waals surface area contributed by atoms with Gasteiger partial charge in [-0.25, -0.2) is 18.7 Å². The third-order valence-corrected chi connectivity index (χ3v) is 6.14. The van der Waals surface area contributed by atoms with Crippen molar-refractivity contribution >= 4 is 27.2 Å². The quantitative estimate of drug-likeness (QED) is 0.336. The van der Waals surface area contributed by atoms with Crippen molar-refractivity contribution in [1.29, 1.82) is 0 Å². The number of thiazole rings is 1. The van der Waals surface area contributed by atoms with Crippen LogP contribution in [0.5, 0.6) is 0 Å². The van der Waals surface area contributed by atoms with Crippen molar-refractivity contribution in [2.45, 2.75) is 25.0 Å². The highest BCUT2D eigenvalue weighted by Crippen LogP contribution is 2.32. The largest absolute Gasteiger partial charge is 0.387 e. The summed E-state index contributed by atoms with van der Waals surface area (Å²) in [6.07, 6.45) is 2.17. The lowest BCUT2D eigenvalue weighted by Gasteiger charge is -2.20. The van der Waals surface area contributed by atoms with Gasteiger partial charge in [0.05, 0.1) is 17.0 Å². The van der Waals surface area contributed by atoms with Crippen LogP contribution < -0.4 is 11.1 Å². The minimum Gasteiger partial charge on any atom is -0.387 e. The molecule has 0 aliphatic carbocycles. The molecule has 32 heavy (non-hydrogen) atoms. The zero-order valence-electron chi connectivity index (χ0n) is 17.1. The molecule has 0 saturated heterocycles. The number of aliphatic hydroxyl groups excluding tert-OH is 1. The highest BCUT2D eigenvalue weighted by atomic mass is 32.1. The van der Waals surface area contributed by atoms with Gasteiger partial charge in [-0.1, -0.05) is 47.7 Å². The van der Waals surface area contributed by atoms with Crippen LogP contribution in [0.3, 0.4) is 0 Å². The van der Waals surface area contributed by atoms with E-state index in [-0.39, 0.29) is 12.1 Å². The van der Waals surface area contributed by atoms with Gasteiger partial charge in [-0.15, -0.1) is 0 Å². The van der Waals surface area contributed by atoms with E-state index in [0.29, 0.717) is 10.7 Å². The highest BCUT2D eigenvalue weighted by molar-refractivity contribution is 7.18. The molecule has 2 atom stereocenters. The van der Waals surface area contributed by atoms with Gasteiger partial charge in [0.2, 0.25) is 5.95 Å². The Hall–Kier alpha value is -3.01. The Morgan fingerprint density at radius 1 is 1.06 bits per heavy atom. The second kappa shape index (κ2) is 8.85. The van der Waals surface area contributed by atoms with Gasteiger partial charge in [-0.2, -0.15) is 4.39 Å². The first-order valence-electron chi connectivity index (χ1n) is 9.88. The number of aliphatic hydroxyl groups is 1. The summed E-state index contributed by atoms with van der Waals surface area (Å²) in [6, 6.07) is 11.9. The maximum Gasteiger partial charge on any atom is 0.270 e. The first kappa shape index (κ1) is 22.2. The van der Waals surface area contributed by atoms with Crippen molar-refractivity contribution in [3.8, 4) is 10.4 Å². The number of benzene rings is 2. The summed E-state index contributed by atoms with van der Waals surface area (Å²) in [4.78, 5) is 8.87. The van der Waals surface area contributed by atoms with Gasteiger partial charge in [0, 0.05) is 42.9 Å². The van der Waals surface area contributed by atoms with Crippen molar-refractivity contribution in [2.75, 3.05) is 11.9 Å². The molecule has 0 bridgehead atoms. The molecule has 5 nitrogen and oxygen atoms in total. The van der Waals surface area contributed by atoms with Gasteiger partial charge in [0.15, 0.2) is 5.13 Å². The fourth-order valence-corrected chi connectivity index (χ4v) is 4.11. The minimum absolute atomic E-state index is 0.122. The van der Waals surface area contributed by atoms with Crippen LogP contribution in [-0.4, -0.2) is 27.7 Å². The number of nitrogens with two attached hydrogens (primary N) is 1. The Morgan fingerprint density at radius 2 is 1.81 bits per heavy atom. The number of rotatable bonds is 7. The van der Waals surface area contributed by atoms with E-state index in [1.807, 2.05) is 18.2 Å². The maximum absolute atomic E-state index is 13.4. The van der Waals surface area contributed by atoms with Crippen LogP contribution in [-0.2, 0) is 5.92 Å². The van der Waals surface area contributed by atoms with Crippen molar-refractivity contribution in [3.63, 3.8) is 0 Å². The van der Waals surface area contributed by atoms with Crippen LogP contribution in [0.2, 0.25) is 0 Å².